The molecule has 1 N–H and O–H groups in total. The molecular formula is C13H21N3O. The van der Waals surface area contributed by atoms with Crippen LogP contribution in [-0.4, -0.2) is 54.3 Å². The Labute approximate surface area is 103 Å². The molecular weight excluding hydrogens is 214 g/mol. The number of nitrogens with zero attached hydrogens (tertiary/aromatic N) is 3. The lowest BCUT2D eigenvalue weighted by Crippen LogP contribution is -2.46. The molecule has 0 atom stereocenters. The molecule has 0 amide bonds. The van der Waals surface area contributed by atoms with E-state index in [4.69, 9.17) is 5.11 Å². The molecule has 17 heavy (non-hydrogen) atoms. The fourth-order valence-electron chi connectivity index (χ4n) is 2.25. The minimum atomic E-state index is 0.295. The maximum atomic E-state index is 8.81. The molecule has 1 fully saturated rings. The summed E-state index contributed by atoms with van der Waals surface area (Å²) in [4.78, 5) is 9.05. The van der Waals surface area contributed by atoms with Crippen LogP contribution in [0.4, 0.5) is 5.69 Å². The van der Waals surface area contributed by atoms with Crippen molar-refractivity contribution in [1.29, 1.82) is 0 Å². The molecule has 1 aromatic rings. The summed E-state index contributed by atoms with van der Waals surface area (Å²) in [6, 6.07) is 4.22. The summed E-state index contributed by atoms with van der Waals surface area (Å²) in [5.41, 5.74) is 2.35. The molecule has 4 heteroatoms. The van der Waals surface area contributed by atoms with Gasteiger partial charge in [-0.2, -0.15) is 0 Å². The van der Waals surface area contributed by atoms with Crippen molar-refractivity contribution < 1.29 is 5.11 Å². The summed E-state index contributed by atoms with van der Waals surface area (Å²) < 4.78 is 0. The third-order valence-corrected chi connectivity index (χ3v) is 3.25. The van der Waals surface area contributed by atoms with Gasteiger partial charge in [0.2, 0.25) is 0 Å². The second kappa shape index (κ2) is 5.98. The number of piperazine rings is 1. The summed E-state index contributed by atoms with van der Waals surface area (Å²) in [7, 11) is 0. The standard InChI is InChI=1S/C13H21N3O/c1-12-11-13(3-4-14-12)16-8-6-15(7-9-16)5-2-10-17/h3-4,11,17H,2,5-10H2,1H3. The van der Waals surface area contributed by atoms with Gasteiger partial charge in [-0.3, -0.25) is 9.88 Å². The topological polar surface area (TPSA) is 39.6 Å². The van der Waals surface area contributed by atoms with Gasteiger partial charge in [-0.05, 0) is 25.5 Å². The molecule has 1 aromatic heterocycles. The van der Waals surface area contributed by atoms with Crippen LogP contribution in [0.2, 0.25) is 0 Å². The zero-order valence-electron chi connectivity index (χ0n) is 10.5. The molecule has 0 spiro atoms. The van der Waals surface area contributed by atoms with E-state index in [0.29, 0.717) is 6.61 Å². The predicted molar refractivity (Wildman–Crippen MR) is 69.3 cm³/mol. The van der Waals surface area contributed by atoms with Crippen LogP contribution >= 0.6 is 0 Å². The maximum Gasteiger partial charge on any atom is 0.0443 e. The summed E-state index contributed by atoms with van der Waals surface area (Å²) in [6.45, 7) is 7.64. The van der Waals surface area contributed by atoms with Gasteiger partial charge in [0.05, 0.1) is 0 Å². The molecule has 94 valence electrons. The van der Waals surface area contributed by atoms with E-state index in [1.165, 1.54) is 5.69 Å². The molecule has 1 aliphatic rings. The second-order valence-electron chi connectivity index (χ2n) is 4.56. The van der Waals surface area contributed by atoms with Crippen LogP contribution in [0.25, 0.3) is 0 Å². The molecule has 0 radical (unpaired) electrons. The fraction of sp³-hybridized carbons (Fsp3) is 0.615. The van der Waals surface area contributed by atoms with Gasteiger partial charge < -0.3 is 10.0 Å². The van der Waals surface area contributed by atoms with Gasteiger partial charge in [-0.15, -0.1) is 0 Å². The van der Waals surface area contributed by atoms with Crippen molar-refractivity contribution in [2.75, 3.05) is 44.2 Å². The molecule has 2 heterocycles. The lowest BCUT2D eigenvalue weighted by Gasteiger charge is -2.36. The van der Waals surface area contributed by atoms with E-state index in [1.54, 1.807) is 0 Å². The van der Waals surface area contributed by atoms with Crippen molar-refractivity contribution >= 4 is 5.69 Å². The summed E-state index contributed by atoms with van der Waals surface area (Å²) >= 11 is 0. The zero-order valence-corrected chi connectivity index (χ0v) is 10.5. The van der Waals surface area contributed by atoms with Crippen LogP contribution in [0.3, 0.4) is 0 Å². The minimum Gasteiger partial charge on any atom is -0.396 e. The SMILES string of the molecule is Cc1cc(N2CCN(CCCO)CC2)ccn1. The first-order valence-electron chi connectivity index (χ1n) is 6.30. The van der Waals surface area contributed by atoms with E-state index in [9.17, 15) is 0 Å². The first-order valence-corrected chi connectivity index (χ1v) is 6.30. The van der Waals surface area contributed by atoms with E-state index < -0.39 is 0 Å². The Morgan fingerprint density at radius 3 is 2.71 bits per heavy atom. The van der Waals surface area contributed by atoms with Gasteiger partial charge in [0.25, 0.3) is 0 Å². The second-order valence-corrected chi connectivity index (χ2v) is 4.56. The Balaban J connectivity index is 1.86. The molecule has 1 saturated heterocycles. The fourth-order valence-corrected chi connectivity index (χ4v) is 2.25. The van der Waals surface area contributed by atoms with Gasteiger partial charge in [0.15, 0.2) is 0 Å². The highest BCUT2D eigenvalue weighted by molar-refractivity contribution is 5.46. The molecule has 1 aliphatic heterocycles. The summed E-state index contributed by atoms with van der Waals surface area (Å²) in [5.74, 6) is 0. The third kappa shape index (κ3) is 3.41. The molecule has 0 unspecified atom stereocenters. The van der Waals surface area contributed by atoms with Crippen LogP contribution in [0.1, 0.15) is 12.1 Å². The lowest BCUT2D eigenvalue weighted by molar-refractivity contribution is 0.216. The van der Waals surface area contributed by atoms with Crippen molar-refractivity contribution in [1.82, 2.24) is 9.88 Å². The van der Waals surface area contributed by atoms with E-state index in [1.807, 2.05) is 13.1 Å². The predicted octanol–water partition coefficient (Wildman–Crippen LogP) is 0.894. The Morgan fingerprint density at radius 2 is 2.06 bits per heavy atom. The summed E-state index contributed by atoms with van der Waals surface area (Å²) in [6.07, 6.45) is 2.76. The maximum absolute atomic E-state index is 8.81. The number of aliphatic hydroxyl groups excluding tert-OH is 1. The van der Waals surface area contributed by atoms with Gasteiger partial charge in [0, 0.05) is 56.9 Å². The van der Waals surface area contributed by atoms with E-state index in [-0.39, 0.29) is 0 Å². The van der Waals surface area contributed by atoms with Gasteiger partial charge in [-0.25, -0.2) is 0 Å². The van der Waals surface area contributed by atoms with Crippen molar-refractivity contribution in [2.24, 2.45) is 0 Å². The number of pyridine rings is 1. The Kier molecular flexibility index (Phi) is 4.34. The average molecular weight is 235 g/mol. The molecule has 0 aliphatic carbocycles. The number of aryl methyl sites for hydroxylation is 1. The van der Waals surface area contributed by atoms with Crippen molar-refractivity contribution in [3.05, 3.63) is 24.0 Å². The van der Waals surface area contributed by atoms with Crippen LogP contribution < -0.4 is 4.90 Å². The average Bonchev–Trinajstić information content (AvgIpc) is 2.37. The molecule has 0 bridgehead atoms. The number of aliphatic hydroxyl groups is 1. The number of hydrogen-bond donors (Lipinski definition) is 1. The van der Waals surface area contributed by atoms with E-state index in [0.717, 1.165) is 44.8 Å². The quantitative estimate of drug-likeness (QED) is 0.841. The molecule has 0 aromatic carbocycles. The number of rotatable bonds is 4. The smallest absolute Gasteiger partial charge is 0.0443 e. The molecule has 0 saturated carbocycles. The highest BCUT2D eigenvalue weighted by Crippen LogP contribution is 2.16. The Hall–Kier alpha value is -1.13. The van der Waals surface area contributed by atoms with Crippen LogP contribution in [-0.2, 0) is 0 Å². The van der Waals surface area contributed by atoms with Gasteiger partial charge in [-0.1, -0.05) is 0 Å². The normalized spacial score (nSPS) is 17.4. The number of aromatic nitrogens is 1. The first-order chi connectivity index (χ1) is 8.29. The summed E-state index contributed by atoms with van der Waals surface area (Å²) in [5, 5.41) is 8.81. The highest BCUT2D eigenvalue weighted by Gasteiger charge is 2.16. The Morgan fingerprint density at radius 1 is 1.29 bits per heavy atom. The first kappa shape index (κ1) is 12.3. The molecule has 4 nitrogen and oxygen atoms in total. The van der Waals surface area contributed by atoms with Crippen LogP contribution in [0, 0.1) is 6.92 Å². The van der Waals surface area contributed by atoms with Crippen molar-refractivity contribution in [3.63, 3.8) is 0 Å². The van der Waals surface area contributed by atoms with Gasteiger partial charge >= 0.3 is 0 Å². The van der Waals surface area contributed by atoms with E-state index >= 15 is 0 Å². The van der Waals surface area contributed by atoms with E-state index in [2.05, 4.69) is 26.9 Å². The zero-order chi connectivity index (χ0) is 12.1. The van der Waals surface area contributed by atoms with Crippen LogP contribution in [0.5, 0.6) is 0 Å². The lowest BCUT2D eigenvalue weighted by atomic mass is 10.2. The number of hydrogen-bond acceptors (Lipinski definition) is 4. The van der Waals surface area contributed by atoms with Crippen molar-refractivity contribution in [2.45, 2.75) is 13.3 Å². The van der Waals surface area contributed by atoms with Crippen molar-refractivity contribution in [3.8, 4) is 0 Å². The minimum absolute atomic E-state index is 0.295. The largest absolute Gasteiger partial charge is 0.396 e. The monoisotopic (exact) mass is 235 g/mol. The molecule has 2 rings (SSSR count). The van der Waals surface area contributed by atoms with Crippen LogP contribution in [0.15, 0.2) is 18.3 Å². The number of anilines is 1. The van der Waals surface area contributed by atoms with Gasteiger partial charge in [0.1, 0.15) is 0 Å². The third-order valence-electron chi connectivity index (χ3n) is 3.25. The highest BCUT2D eigenvalue weighted by atomic mass is 16.3. The Bertz CT molecular complexity index is 348.